The highest BCUT2D eigenvalue weighted by Gasteiger charge is 2.27. The smallest absolute Gasteiger partial charge is 0.291 e. The van der Waals surface area contributed by atoms with E-state index in [0.717, 1.165) is 0 Å². The average Bonchev–Trinajstić information content (AvgIpc) is 3.29. The van der Waals surface area contributed by atoms with Gasteiger partial charge in [-0.15, -0.1) is 0 Å². The minimum absolute atomic E-state index is 0.180. The molecule has 0 saturated carbocycles. The van der Waals surface area contributed by atoms with Gasteiger partial charge in [-0.25, -0.2) is 18.2 Å². The number of halogens is 3. The lowest BCUT2D eigenvalue weighted by molar-refractivity contribution is 0.0736. The molecule has 160 valence electrons. The molecule has 1 aliphatic heterocycles. The van der Waals surface area contributed by atoms with E-state index in [4.69, 9.17) is 4.42 Å². The van der Waals surface area contributed by atoms with E-state index in [1.807, 2.05) is 4.90 Å². The van der Waals surface area contributed by atoms with Crippen LogP contribution >= 0.6 is 0 Å². The molecule has 1 aromatic carbocycles. The molecule has 1 aliphatic rings. The summed E-state index contributed by atoms with van der Waals surface area (Å²) in [5.41, 5.74) is -0.272. The zero-order valence-electron chi connectivity index (χ0n) is 16.1. The third-order valence-electron chi connectivity index (χ3n) is 4.86. The summed E-state index contributed by atoms with van der Waals surface area (Å²) in [4.78, 5) is 32.0. The number of amides is 2. The Morgan fingerprint density at radius 3 is 2.29 bits per heavy atom. The van der Waals surface area contributed by atoms with Crippen LogP contribution in [0, 0.1) is 17.5 Å². The SMILES string of the molecule is O=C(Nc1ccc(N2CCN(C(=O)c3c(F)cc(F)cc3F)CC2)nc1)c1ccco1. The van der Waals surface area contributed by atoms with Crippen LogP contribution in [-0.4, -0.2) is 47.9 Å². The maximum absolute atomic E-state index is 13.9. The van der Waals surface area contributed by atoms with Crippen LogP contribution < -0.4 is 10.2 Å². The van der Waals surface area contributed by atoms with Crippen LogP contribution in [-0.2, 0) is 0 Å². The van der Waals surface area contributed by atoms with Crippen LogP contribution in [0.15, 0.2) is 53.3 Å². The maximum Gasteiger partial charge on any atom is 0.291 e. The monoisotopic (exact) mass is 430 g/mol. The Hall–Kier alpha value is -3.82. The first-order valence-electron chi connectivity index (χ1n) is 9.42. The molecule has 2 amide bonds. The minimum Gasteiger partial charge on any atom is -0.459 e. The quantitative estimate of drug-likeness (QED) is 0.687. The van der Waals surface area contributed by atoms with Crippen molar-refractivity contribution in [3.05, 3.63) is 77.6 Å². The van der Waals surface area contributed by atoms with Gasteiger partial charge in [0, 0.05) is 38.3 Å². The van der Waals surface area contributed by atoms with Crippen molar-refractivity contribution in [2.75, 3.05) is 36.4 Å². The number of pyridine rings is 1. The molecule has 0 spiro atoms. The fourth-order valence-electron chi connectivity index (χ4n) is 3.29. The number of hydrogen-bond donors (Lipinski definition) is 1. The van der Waals surface area contributed by atoms with Crippen LogP contribution in [0.5, 0.6) is 0 Å². The molecule has 0 unspecified atom stereocenters. The van der Waals surface area contributed by atoms with E-state index in [1.54, 1.807) is 24.3 Å². The van der Waals surface area contributed by atoms with E-state index in [-0.39, 0.29) is 18.8 Å². The molecule has 1 saturated heterocycles. The van der Waals surface area contributed by atoms with Crippen molar-refractivity contribution in [3.63, 3.8) is 0 Å². The first-order valence-corrected chi connectivity index (χ1v) is 9.42. The summed E-state index contributed by atoms with van der Waals surface area (Å²) < 4.78 is 45.9. The summed E-state index contributed by atoms with van der Waals surface area (Å²) in [5.74, 6) is -3.93. The minimum atomic E-state index is -1.22. The highest BCUT2D eigenvalue weighted by atomic mass is 19.1. The summed E-state index contributed by atoms with van der Waals surface area (Å²) in [5, 5.41) is 2.66. The number of carbonyl (C=O) groups is 2. The zero-order valence-corrected chi connectivity index (χ0v) is 16.1. The van der Waals surface area contributed by atoms with Crippen molar-refractivity contribution < 1.29 is 27.2 Å². The second-order valence-corrected chi connectivity index (χ2v) is 6.86. The summed E-state index contributed by atoms with van der Waals surface area (Å²) in [7, 11) is 0. The Bertz CT molecular complexity index is 1070. The van der Waals surface area contributed by atoms with Crippen LogP contribution in [0.1, 0.15) is 20.9 Å². The highest BCUT2D eigenvalue weighted by molar-refractivity contribution is 6.02. The highest BCUT2D eigenvalue weighted by Crippen LogP contribution is 2.20. The van der Waals surface area contributed by atoms with Crippen molar-refractivity contribution in [2.45, 2.75) is 0 Å². The first kappa shape index (κ1) is 20.5. The Morgan fingerprint density at radius 1 is 1.00 bits per heavy atom. The summed E-state index contributed by atoms with van der Waals surface area (Å²) in [6, 6.07) is 7.53. The first-order chi connectivity index (χ1) is 14.9. The third kappa shape index (κ3) is 4.37. The third-order valence-corrected chi connectivity index (χ3v) is 4.86. The molecular weight excluding hydrogens is 413 g/mol. The molecule has 1 fully saturated rings. The Kier molecular flexibility index (Phi) is 5.61. The van der Waals surface area contributed by atoms with Crippen LogP contribution in [0.3, 0.4) is 0 Å². The lowest BCUT2D eigenvalue weighted by Gasteiger charge is -2.35. The van der Waals surface area contributed by atoms with Crippen molar-refractivity contribution in [1.29, 1.82) is 0 Å². The van der Waals surface area contributed by atoms with Crippen LogP contribution in [0.4, 0.5) is 24.7 Å². The summed E-state index contributed by atoms with van der Waals surface area (Å²) in [6.07, 6.45) is 2.90. The molecule has 10 heteroatoms. The Morgan fingerprint density at radius 2 is 1.71 bits per heavy atom. The Labute approximate surface area is 175 Å². The molecule has 3 heterocycles. The normalized spacial score (nSPS) is 13.9. The van der Waals surface area contributed by atoms with Gasteiger partial charge in [-0.3, -0.25) is 9.59 Å². The maximum atomic E-state index is 13.9. The molecule has 3 aromatic rings. The fourth-order valence-corrected chi connectivity index (χ4v) is 3.29. The van der Waals surface area contributed by atoms with E-state index in [0.29, 0.717) is 36.7 Å². The molecule has 31 heavy (non-hydrogen) atoms. The van der Waals surface area contributed by atoms with Gasteiger partial charge >= 0.3 is 0 Å². The van der Waals surface area contributed by atoms with Gasteiger partial charge < -0.3 is 19.5 Å². The number of aromatic nitrogens is 1. The van der Waals surface area contributed by atoms with Crippen molar-refractivity contribution in [2.24, 2.45) is 0 Å². The van der Waals surface area contributed by atoms with E-state index in [9.17, 15) is 22.8 Å². The number of hydrogen-bond acceptors (Lipinski definition) is 5. The molecule has 2 aromatic heterocycles. The van der Waals surface area contributed by atoms with Crippen molar-refractivity contribution in [1.82, 2.24) is 9.88 Å². The number of rotatable bonds is 4. The standard InChI is InChI=1S/C21H17F3N4O3/c22-13-10-15(23)19(16(24)11-13)21(30)28-7-5-27(6-8-28)18-4-3-14(12-25-18)26-20(29)17-2-1-9-31-17/h1-4,9-12H,5-8H2,(H,26,29). The van der Waals surface area contributed by atoms with Gasteiger partial charge in [-0.2, -0.15) is 0 Å². The largest absolute Gasteiger partial charge is 0.459 e. The van der Waals surface area contributed by atoms with E-state index in [1.165, 1.54) is 17.4 Å². The van der Waals surface area contributed by atoms with Gasteiger partial charge in [0.25, 0.3) is 11.8 Å². The van der Waals surface area contributed by atoms with Gasteiger partial charge in [-0.05, 0) is 24.3 Å². The fraction of sp³-hybridized carbons (Fsp3) is 0.190. The number of nitrogens with one attached hydrogen (secondary N) is 1. The van der Waals surface area contributed by atoms with Crippen LogP contribution in [0.25, 0.3) is 0 Å². The Balaban J connectivity index is 1.36. The van der Waals surface area contributed by atoms with Gasteiger partial charge in [0.05, 0.1) is 18.1 Å². The van der Waals surface area contributed by atoms with E-state index < -0.39 is 34.8 Å². The molecule has 1 N–H and O–H groups in total. The van der Waals surface area contributed by atoms with E-state index in [2.05, 4.69) is 10.3 Å². The van der Waals surface area contributed by atoms with Crippen molar-refractivity contribution in [3.8, 4) is 0 Å². The van der Waals surface area contributed by atoms with E-state index >= 15 is 0 Å². The zero-order chi connectivity index (χ0) is 22.0. The van der Waals surface area contributed by atoms with Gasteiger partial charge in [0.1, 0.15) is 28.8 Å². The molecule has 0 atom stereocenters. The lowest BCUT2D eigenvalue weighted by Crippen LogP contribution is -2.49. The topological polar surface area (TPSA) is 78.7 Å². The van der Waals surface area contributed by atoms with Crippen molar-refractivity contribution >= 4 is 23.3 Å². The number of carbonyl (C=O) groups excluding carboxylic acids is 2. The number of piperazine rings is 1. The molecular formula is C21H17F3N4O3. The average molecular weight is 430 g/mol. The summed E-state index contributed by atoms with van der Waals surface area (Å²) in [6.45, 7) is 1.21. The molecule has 0 radical (unpaired) electrons. The van der Waals surface area contributed by atoms with Crippen LogP contribution in [0.2, 0.25) is 0 Å². The second-order valence-electron chi connectivity index (χ2n) is 6.86. The van der Waals surface area contributed by atoms with Gasteiger partial charge in [0.2, 0.25) is 0 Å². The molecule has 7 nitrogen and oxygen atoms in total. The molecule has 0 aliphatic carbocycles. The van der Waals surface area contributed by atoms with Gasteiger partial charge in [-0.1, -0.05) is 0 Å². The molecule has 4 rings (SSSR count). The van der Waals surface area contributed by atoms with Gasteiger partial charge in [0.15, 0.2) is 5.76 Å². The second kappa shape index (κ2) is 8.50. The number of benzene rings is 1. The number of anilines is 2. The lowest BCUT2D eigenvalue weighted by atomic mass is 10.1. The predicted molar refractivity (Wildman–Crippen MR) is 105 cm³/mol. The number of nitrogens with zero attached hydrogens (tertiary/aromatic N) is 3. The summed E-state index contributed by atoms with van der Waals surface area (Å²) >= 11 is 0. The number of furan rings is 1. The predicted octanol–water partition coefficient (Wildman–Crippen LogP) is 3.31. The molecule has 0 bridgehead atoms.